The maximum Gasteiger partial charge on any atom is 0.244 e. The molecule has 2 fully saturated rings. The molecule has 2 heterocycles. The molecule has 0 radical (unpaired) electrons. The van der Waals surface area contributed by atoms with Crippen LogP contribution in [0.4, 0.5) is 0 Å². The topological polar surface area (TPSA) is 84.7 Å². The third-order valence-electron chi connectivity index (χ3n) is 6.03. The molecule has 1 amide bonds. The predicted molar refractivity (Wildman–Crippen MR) is 116 cm³/mol. The Kier molecular flexibility index (Phi) is 6.37. The van der Waals surface area contributed by atoms with Crippen molar-refractivity contribution in [1.82, 2.24) is 14.1 Å². The van der Waals surface area contributed by atoms with Crippen molar-refractivity contribution in [1.29, 1.82) is 5.26 Å². The second-order valence-electron chi connectivity index (χ2n) is 7.89. The van der Waals surface area contributed by atoms with E-state index in [1.165, 1.54) is 16.4 Å². The van der Waals surface area contributed by atoms with Crippen LogP contribution >= 0.6 is 0 Å². The fourth-order valence-corrected chi connectivity index (χ4v) is 5.94. The normalized spacial score (nSPS) is 19.1. The lowest BCUT2D eigenvalue weighted by Gasteiger charge is -2.39. The van der Waals surface area contributed by atoms with Gasteiger partial charge in [-0.3, -0.25) is 9.69 Å². The number of likely N-dealkylation sites (tertiary alicyclic amines) is 1. The van der Waals surface area contributed by atoms with Crippen LogP contribution in [0.25, 0.3) is 0 Å². The second kappa shape index (κ2) is 9.18. The summed E-state index contributed by atoms with van der Waals surface area (Å²) in [6.07, 6.45) is 2.05. The number of nitriles is 1. The smallest absolute Gasteiger partial charge is 0.244 e. The molecule has 2 aliphatic heterocycles. The van der Waals surface area contributed by atoms with E-state index in [2.05, 4.69) is 4.90 Å². The van der Waals surface area contributed by atoms with Gasteiger partial charge in [0.05, 0.1) is 10.5 Å². The Labute approximate surface area is 183 Å². The number of hydrogen-bond donors (Lipinski definition) is 0. The van der Waals surface area contributed by atoms with Gasteiger partial charge in [0, 0.05) is 39.3 Å². The van der Waals surface area contributed by atoms with Crippen molar-refractivity contribution in [3.63, 3.8) is 0 Å². The molecule has 4 rings (SSSR count). The fraction of sp³-hybridized carbons (Fsp3) is 0.391. The quantitative estimate of drug-likeness (QED) is 0.715. The molecular weight excluding hydrogens is 412 g/mol. The molecule has 1 atom stereocenters. The van der Waals surface area contributed by atoms with Crippen molar-refractivity contribution in [3.05, 3.63) is 65.7 Å². The Balaban J connectivity index is 1.54. The number of nitrogens with zero attached hydrogens (tertiary/aromatic N) is 4. The number of sulfonamides is 1. The highest BCUT2D eigenvalue weighted by molar-refractivity contribution is 7.89. The van der Waals surface area contributed by atoms with Crippen LogP contribution in [0.1, 0.15) is 30.0 Å². The van der Waals surface area contributed by atoms with Crippen LogP contribution in [-0.2, 0) is 14.8 Å². The molecule has 8 heteroatoms. The maximum absolute atomic E-state index is 13.3. The molecule has 2 aliphatic rings. The molecule has 162 valence electrons. The van der Waals surface area contributed by atoms with Gasteiger partial charge in [-0.1, -0.05) is 42.5 Å². The maximum atomic E-state index is 13.3. The van der Waals surface area contributed by atoms with Gasteiger partial charge in [-0.05, 0) is 30.5 Å². The van der Waals surface area contributed by atoms with Crippen LogP contribution in [0.15, 0.2) is 59.5 Å². The fourth-order valence-electron chi connectivity index (χ4n) is 4.38. The van der Waals surface area contributed by atoms with Crippen LogP contribution in [0.2, 0.25) is 0 Å². The number of amides is 1. The summed E-state index contributed by atoms with van der Waals surface area (Å²) in [5, 5.41) is 9.30. The summed E-state index contributed by atoms with van der Waals surface area (Å²) >= 11 is 0. The lowest BCUT2D eigenvalue weighted by atomic mass is 10.0. The Bertz CT molecular complexity index is 1070. The number of piperazine rings is 1. The number of carbonyl (C=O) groups is 1. The Morgan fingerprint density at radius 1 is 0.871 bits per heavy atom. The van der Waals surface area contributed by atoms with Gasteiger partial charge in [0.1, 0.15) is 12.1 Å². The zero-order valence-electron chi connectivity index (χ0n) is 17.4. The van der Waals surface area contributed by atoms with Crippen LogP contribution in [-0.4, -0.2) is 67.7 Å². The van der Waals surface area contributed by atoms with Gasteiger partial charge >= 0.3 is 0 Å². The van der Waals surface area contributed by atoms with Gasteiger partial charge in [0.2, 0.25) is 15.9 Å². The lowest BCUT2D eigenvalue weighted by Crippen LogP contribution is -2.52. The van der Waals surface area contributed by atoms with E-state index in [1.807, 2.05) is 41.3 Å². The lowest BCUT2D eigenvalue weighted by molar-refractivity contribution is -0.136. The first-order valence-electron chi connectivity index (χ1n) is 10.6. The largest absolute Gasteiger partial charge is 0.341 e. The molecule has 0 N–H and O–H groups in total. The number of rotatable bonds is 5. The molecule has 2 aromatic rings. The molecule has 0 bridgehead atoms. The minimum absolute atomic E-state index is 0.0405. The second-order valence-corrected chi connectivity index (χ2v) is 9.80. The van der Waals surface area contributed by atoms with Crippen LogP contribution in [0.5, 0.6) is 0 Å². The van der Waals surface area contributed by atoms with Gasteiger partial charge in [-0.2, -0.15) is 9.57 Å². The number of hydrogen-bond acceptors (Lipinski definition) is 5. The third kappa shape index (κ3) is 4.35. The van der Waals surface area contributed by atoms with Gasteiger partial charge in [-0.25, -0.2) is 8.42 Å². The van der Waals surface area contributed by atoms with Crippen LogP contribution in [0, 0.1) is 11.3 Å². The number of carbonyl (C=O) groups excluding carboxylic acids is 1. The van der Waals surface area contributed by atoms with E-state index in [1.54, 1.807) is 12.1 Å². The van der Waals surface area contributed by atoms with E-state index in [0.717, 1.165) is 31.5 Å². The highest BCUT2D eigenvalue weighted by atomic mass is 32.2. The van der Waals surface area contributed by atoms with Gasteiger partial charge in [0.15, 0.2) is 0 Å². The molecule has 2 aromatic carbocycles. The molecular formula is C23H26N4O3S. The Morgan fingerprint density at radius 2 is 1.48 bits per heavy atom. The zero-order valence-corrected chi connectivity index (χ0v) is 18.2. The summed E-state index contributed by atoms with van der Waals surface area (Å²) in [5.41, 5.74) is 1.09. The summed E-state index contributed by atoms with van der Waals surface area (Å²) in [6, 6.07) is 17.6. The van der Waals surface area contributed by atoms with Crippen molar-refractivity contribution in [2.75, 3.05) is 39.3 Å². The van der Waals surface area contributed by atoms with E-state index in [-0.39, 0.29) is 29.5 Å². The summed E-state index contributed by atoms with van der Waals surface area (Å²) in [5.74, 6) is 0.0924. The molecule has 7 nitrogen and oxygen atoms in total. The average Bonchev–Trinajstić information content (AvgIpc) is 3.35. The van der Waals surface area contributed by atoms with E-state index in [0.29, 0.717) is 13.1 Å². The molecule has 0 spiro atoms. The van der Waals surface area contributed by atoms with E-state index in [9.17, 15) is 18.5 Å². The SMILES string of the molecule is N#Cc1ccccc1S(=O)(=O)N1CCN([C@@H](C(=O)N2CCCC2)c2ccccc2)CC1. The van der Waals surface area contributed by atoms with Gasteiger partial charge in [0.25, 0.3) is 0 Å². The average molecular weight is 439 g/mol. The molecule has 31 heavy (non-hydrogen) atoms. The van der Waals surface area contributed by atoms with Crippen LogP contribution in [0.3, 0.4) is 0 Å². The molecule has 0 aliphatic carbocycles. The molecule has 0 aromatic heterocycles. The minimum Gasteiger partial charge on any atom is -0.341 e. The Hall–Kier alpha value is -2.73. The third-order valence-corrected chi connectivity index (χ3v) is 7.99. The first-order valence-corrected chi connectivity index (χ1v) is 12.0. The first-order chi connectivity index (χ1) is 15.0. The van der Waals surface area contributed by atoms with Crippen molar-refractivity contribution in [3.8, 4) is 6.07 Å². The highest BCUT2D eigenvalue weighted by Crippen LogP contribution is 2.28. The number of benzene rings is 2. The highest BCUT2D eigenvalue weighted by Gasteiger charge is 2.37. The van der Waals surface area contributed by atoms with Crippen molar-refractivity contribution in [2.45, 2.75) is 23.8 Å². The first kappa shape index (κ1) is 21.5. The van der Waals surface area contributed by atoms with Crippen molar-refractivity contribution in [2.24, 2.45) is 0 Å². The van der Waals surface area contributed by atoms with Crippen LogP contribution < -0.4 is 0 Å². The predicted octanol–water partition coefficient (Wildman–Crippen LogP) is 2.23. The van der Waals surface area contributed by atoms with E-state index < -0.39 is 16.1 Å². The molecule has 2 saturated heterocycles. The van der Waals surface area contributed by atoms with Crippen molar-refractivity contribution < 1.29 is 13.2 Å². The summed E-state index contributed by atoms with van der Waals surface area (Å²) in [7, 11) is -3.77. The van der Waals surface area contributed by atoms with Gasteiger partial charge < -0.3 is 4.90 Å². The van der Waals surface area contributed by atoms with Gasteiger partial charge in [-0.15, -0.1) is 0 Å². The summed E-state index contributed by atoms with van der Waals surface area (Å²) in [6.45, 7) is 3.01. The zero-order chi connectivity index (χ0) is 21.8. The monoisotopic (exact) mass is 438 g/mol. The summed E-state index contributed by atoms with van der Waals surface area (Å²) < 4.78 is 27.7. The minimum atomic E-state index is -3.77. The summed E-state index contributed by atoms with van der Waals surface area (Å²) in [4.78, 5) is 17.4. The van der Waals surface area contributed by atoms with E-state index in [4.69, 9.17) is 0 Å². The standard InChI is InChI=1S/C23H26N4O3S/c24-18-20-10-4-5-11-21(20)31(29,30)27-16-14-25(15-17-27)22(19-8-2-1-3-9-19)23(28)26-12-6-7-13-26/h1-5,8-11,22H,6-7,12-17H2/t22-/m1/s1. The molecule has 0 saturated carbocycles. The molecule has 0 unspecified atom stereocenters. The van der Waals surface area contributed by atoms with E-state index >= 15 is 0 Å². The Morgan fingerprint density at radius 3 is 2.13 bits per heavy atom. The van der Waals surface area contributed by atoms with Crippen molar-refractivity contribution >= 4 is 15.9 Å².